The molecular formula is C13H16O2. The van der Waals surface area contributed by atoms with Crippen LogP contribution in [0.25, 0.3) is 0 Å². The van der Waals surface area contributed by atoms with Gasteiger partial charge in [0.1, 0.15) is 11.5 Å². The van der Waals surface area contributed by atoms with Crippen LogP contribution in [0.5, 0.6) is 0 Å². The number of allylic oxidation sites excluding steroid dienone is 1. The van der Waals surface area contributed by atoms with Gasteiger partial charge >= 0.3 is 0 Å². The number of fused-ring (bicyclic) bond motifs is 1. The van der Waals surface area contributed by atoms with E-state index in [1.165, 1.54) is 17.5 Å². The second kappa shape index (κ2) is 4.47. The zero-order chi connectivity index (χ0) is 10.7. The molecular weight excluding hydrogens is 188 g/mol. The fraction of sp³-hybridized carbons (Fsp3) is 0.462. The molecule has 1 aliphatic carbocycles. The fourth-order valence-electron chi connectivity index (χ4n) is 2.11. The minimum Gasteiger partial charge on any atom is -0.468 e. The summed E-state index contributed by atoms with van der Waals surface area (Å²) in [5.41, 5.74) is 2.60. The summed E-state index contributed by atoms with van der Waals surface area (Å²) < 4.78 is 5.44. The molecule has 0 spiro atoms. The standard InChI is InChI=1S/C13H16O2/c1-2-3-6-11(14)8-13-12-7-4-5-10(12)9-15-13/h2,9H,1,3-8H2. The van der Waals surface area contributed by atoms with E-state index in [-0.39, 0.29) is 5.78 Å². The molecule has 1 aliphatic rings. The van der Waals surface area contributed by atoms with Crippen LogP contribution in [0.1, 0.15) is 36.1 Å². The van der Waals surface area contributed by atoms with E-state index >= 15 is 0 Å². The van der Waals surface area contributed by atoms with Gasteiger partial charge in [0.2, 0.25) is 0 Å². The van der Waals surface area contributed by atoms with Crippen LogP contribution in [0.15, 0.2) is 23.3 Å². The quantitative estimate of drug-likeness (QED) is 0.690. The number of hydrogen-bond donors (Lipinski definition) is 0. The first-order chi connectivity index (χ1) is 7.31. The van der Waals surface area contributed by atoms with Crippen molar-refractivity contribution in [2.45, 2.75) is 38.5 Å². The minimum atomic E-state index is 0.249. The van der Waals surface area contributed by atoms with Crippen molar-refractivity contribution in [1.29, 1.82) is 0 Å². The summed E-state index contributed by atoms with van der Waals surface area (Å²) in [6.07, 6.45) is 8.80. The lowest BCUT2D eigenvalue weighted by Gasteiger charge is -1.98. The van der Waals surface area contributed by atoms with Crippen molar-refractivity contribution in [1.82, 2.24) is 0 Å². The third kappa shape index (κ3) is 2.20. The average molecular weight is 204 g/mol. The lowest BCUT2D eigenvalue weighted by atomic mass is 10.1. The van der Waals surface area contributed by atoms with Crippen LogP contribution in [-0.2, 0) is 24.1 Å². The summed E-state index contributed by atoms with van der Waals surface area (Å²) >= 11 is 0. The number of rotatable bonds is 5. The molecule has 0 atom stereocenters. The Labute approximate surface area is 90.0 Å². The Balaban J connectivity index is 1.98. The third-order valence-electron chi connectivity index (χ3n) is 2.93. The Bertz CT molecular complexity index is 374. The highest BCUT2D eigenvalue weighted by Crippen LogP contribution is 2.27. The van der Waals surface area contributed by atoms with E-state index in [2.05, 4.69) is 6.58 Å². The molecule has 1 aromatic heterocycles. The Morgan fingerprint density at radius 3 is 3.20 bits per heavy atom. The number of carbonyl (C=O) groups is 1. The first kappa shape index (κ1) is 10.2. The average Bonchev–Trinajstić information content (AvgIpc) is 2.80. The van der Waals surface area contributed by atoms with Gasteiger partial charge in [-0.3, -0.25) is 4.79 Å². The van der Waals surface area contributed by atoms with Gasteiger partial charge in [0.25, 0.3) is 0 Å². The molecule has 0 saturated carbocycles. The van der Waals surface area contributed by atoms with Gasteiger partial charge < -0.3 is 4.42 Å². The molecule has 2 heteroatoms. The van der Waals surface area contributed by atoms with Gasteiger partial charge in [-0.25, -0.2) is 0 Å². The summed E-state index contributed by atoms with van der Waals surface area (Å²) in [6.45, 7) is 3.61. The highest BCUT2D eigenvalue weighted by molar-refractivity contribution is 5.80. The molecule has 80 valence electrons. The van der Waals surface area contributed by atoms with Crippen molar-refractivity contribution in [2.24, 2.45) is 0 Å². The predicted octanol–water partition coefficient (Wildman–Crippen LogP) is 2.85. The van der Waals surface area contributed by atoms with E-state index in [0.29, 0.717) is 12.8 Å². The van der Waals surface area contributed by atoms with Crippen LogP contribution < -0.4 is 0 Å². The Hall–Kier alpha value is -1.31. The summed E-state index contributed by atoms with van der Waals surface area (Å²) in [5.74, 6) is 1.15. The van der Waals surface area contributed by atoms with Crippen LogP contribution in [-0.4, -0.2) is 5.78 Å². The number of carbonyl (C=O) groups excluding carboxylic acids is 1. The lowest BCUT2D eigenvalue weighted by Crippen LogP contribution is -2.02. The fourth-order valence-corrected chi connectivity index (χ4v) is 2.11. The van der Waals surface area contributed by atoms with Gasteiger partial charge in [-0.15, -0.1) is 6.58 Å². The molecule has 0 unspecified atom stereocenters. The van der Waals surface area contributed by atoms with Gasteiger partial charge in [0.15, 0.2) is 0 Å². The smallest absolute Gasteiger partial charge is 0.140 e. The first-order valence-electron chi connectivity index (χ1n) is 5.52. The van der Waals surface area contributed by atoms with Gasteiger partial charge in [-0.05, 0) is 36.8 Å². The molecule has 0 N–H and O–H groups in total. The molecule has 0 bridgehead atoms. The van der Waals surface area contributed by atoms with Gasteiger partial charge in [0.05, 0.1) is 12.7 Å². The molecule has 1 heterocycles. The molecule has 15 heavy (non-hydrogen) atoms. The monoisotopic (exact) mass is 204 g/mol. The Kier molecular flexibility index (Phi) is 3.05. The Morgan fingerprint density at radius 2 is 2.40 bits per heavy atom. The SMILES string of the molecule is C=CCCC(=O)Cc1occ2c1CCC2. The van der Waals surface area contributed by atoms with Gasteiger partial charge in [-0.1, -0.05) is 6.08 Å². The lowest BCUT2D eigenvalue weighted by molar-refractivity contribution is -0.118. The maximum absolute atomic E-state index is 11.6. The van der Waals surface area contributed by atoms with Crippen molar-refractivity contribution >= 4 is 5.78 Å². The maximum Gasteiger partial charge on any atom is 0.140 e. The van der Waals surface area contributed by atoms with Crippen LogP contribution in [0, 0.1) is 0 Å². The van der Waals surface area contributed by atoms with E-state index in [1.807, 2.05) is 6.26 Å². The van der Waals surface area contributed by atoms with E-state index in [0.717, 1.165) is 25.0 Å². The number of furan rings is 1. The van der Waals surface area contributed by atoms with E-state index in [9.17, 15) is 4.79 Å². The summed E-state index contributed by atoms with van der Waals surface area (Å²) in [6, 6.07) is 0. The molecule has 0 amide bonds. The van der Waals surface area contributed by atoms with Crippen LogP contribution in [0.2, 0.25) is 0 Å². The van der Waals surface area contributed by atoms with Crippen LogP contribution in [0.4, 0.5) is 0 Å². The third-order valence-corrected chi connectivity index (χ3v) is 2.93. The normalized spacial score (nSPS) is 13.9. The highest BCUT2D eigenvalue weighted by Gasteiger charge is 2.19. The largest absolute Gasteiger partial charge is 0.468 e. The van der Waals surface area contributed by atoms with Crippen molar-refractivity contribution in [3.05, 3.63) is 35.8 Å². The zero-order valence-corrected chi connectivity index (χ0v) is 8.92. The van der Waals surface area contributed by atoms with Crippen molar-refractivity contribution < 1.29 is 9.21 Å². The molecule has 2 nitrogen and oxygen atoms in total. The van der Waals surface area contributed by atoms with Crippen LogP contribution >= 0.6 is 0 Å². The van der Waals surface area contributed by atoms with Crippen LogP contribution in [0.3, 0.4) is 0 Å². The molecule has 0 fully saturated rings. The molecule has 0 radical (unpaired) electrons. The summed E-state index contributed by atoms with van der Waals surface area (Å²) in [7, 11) is 0. The molecule has 0 saturated heterocycles. The topological polar surface area (TPSA) is 30.2 Å². The second-order valence-corrected chi connectivity index (χ2v) is 4.06. The van der Waals surface area contributed by atoms with Crippen molar-refractivity contribution in [3.63, 3.8) is 0 Å². The van der Waals surface area contributed by atoms with Gasteiger partial charge in [-0.2, -0.15) is 0 Å². The van der Waals surface area contributed by atoms with Crippen molar-refractivity contribution in [3.8, 4) is 0 Å². The zero-order valence-electron chi connectivity index (χ0n) is 8.92. The molecule has 1 aromatic rings. The maximum atomic E-state index is 11.6. The number of Topliss-reactive ketones (excluding diaryl/α,β-unsaturated/α-hetero) is 1. The second-order valence-electron chi connectivity index (χ2n) is 4.06. The molecule has 2 rings (SSSR count). The summed E-state index contributed by atoms with van der Waals surface area (Å²) in [5, 5.41) is 0. The van der Waals surface area contributed by atoms with E-state index in [1.54, 1.807) is 6.08 Å². The number of aryl methyl sites for hydroxylation is 1. The number of hydrogen-bond acceptors (Lipinski definition) is 2. The van der Waals surface area contributed by atoms with E-state index in [4.69, 9.17) is 4.42 Å². The molecule has 0 aromatic carbocycles. The predicted molar refractivity (Wildman–Crippen MR) is 58.9 cm³/mol. The minimum absolute atomic E-state index is 0.249. The summed E-state index contributed by atoms with van der Waals surface area (Å²) in [4.78, 5) is 11.6. The highest BCUT2D eigenvalue weighted by atomic mass is 16.3. The van der Waals surface area contributed by atoms with E-state index < -0.39 is 0 Å². The van der Waals surface area contributed by atoms with Gasteiger partial charge in [0, 0.05) is 6.42 Å². The first-order valence-corrected chi connectivity index (χ1v) is 5.52. The molecule has 0 aliphatic heterocycles. The Morgan fingerprint density at radius 1 is 1.53 bits per heavy atom. The number of ketones is 1. The van der Waals surface area contributed by atoms with Crippen molar-refractivity contribution in [2.75, 3.05) is 0 Å².